The van der Waals surface area contributed by atoms with E-state index in [1.807, 2.05) is 28.8 Å². The molecule has 1 saturated heterocycles. The van der Waals surface area contributed by atoms with Crippen LogP contribution in [0.4, 0.5) is 0 Å². The van der Waals surface area contributed by atoms with Crippen molar-refractivity contribution < 1.29 is 14.2 Å². The summed E-state index contributed by atoms with van der Waals surface area (Å²) in [6.45, 7) is 5.62. The monoisotopic (exact) mass is 498 g/mol. The smallest absolute Gasteiger partial charge is 0.251 e. The molecule has 3 aromatic rings. The number of likely N-dealkylation sites (tertiary alicyclic amines) is 1. The zero-order valence-corrected chi connectivity index (χ0v) is 20.7. The van der Waals surface area contributed by atoms with Gasteiger partial charge in [0.05, 0.1) is 24.5 Å². The quantitative estimate of drug-likeness (QED) is 0.560. The van der Waals surface area contributed by atoms with Gasteiger partial charge in [-0.2, -0.15) is 0 Å². The van der Waals surface area contributed by atoms with Crippen molar-refractivity contribution in [2.75, 3.05) is 40.0 Å². The van der Waals surface area contributed by atoms with Crippen LogP contribution in [0.25, 0.3) is 10.9 Å². The number of benzene rings is 1. The van der Waals surface area contributed by atoms with Gasteiger partial charge < -0.3 is 29.0 Å². The Morgan fingerprint density at radius 1 is 1.11 bits per heavy atom. The van der Waals surface area contributed by atoms with Crippen LogP contribution in [0.2, 0.25) is 0 Å². The van der Waals surface area contributed by atoms with Crippen LogP contribution in [-0.2, 0) is 13.1 Å². The molecule has 0 radical (unpaired) electrons. The molecule has 1 aromatic carbocycles. The molecule has 1 unspecified atom stereocenters. The van der Waals surface area contributed by atoms with Crippen molar-refractivity contribution in [2.45, 2.75) is 37.9 Å². The SMILES string of the molecule is COc1ccc2ccc(=O)n3c2c1C(CN1CCC(NCc2cc4c(cn2)OCCO4)CC1)C3.Cl. The second kappa shape index (κ2) is 10.0. The highest BCUT2D eigenvalue weighted by Gasteiger charge is 2.31. The largest absolute Gasteiger partial charge is 0.496 e. The second-order valence-electron chi connectivity index (χ2n) is 9.37. The zero-order chi connectivity index (χ0) is 23.1. The van der Waals surface area contributed by atoms with E-state index in [2.05, 4.69) is 15.2 Å². The lowest BCUT2D eigenvalue weighted by atomic mass is 9.96. The number of methoxy groups -OCH3 is 1. The minimum Gasteiger partial charge on any atom is -0.496 e. The molecule has 1 atom stereocenters. The van der Waals surface area contributed by atoms with Gasteiger partial charge in [-0.15, -0.1) is 12.4 Å². The third-order valence-corrected chi connectivity index (χ3v) is 7.31. The predicted octanol–water partition coefficient (Wildman–Crippen LogP) is 2.95. The molecule has 3 aliphatic rings. The Hall–Kier alpha value is -2.81. The maximum Gasteiger partial charge on any atom is 0.251 e. The molecule has 186 valence electrons. The normalized spacial score (nSPS) is 19.5. The molecule has 2 aromatic heterocycles. The second-order valence-corrected chi connectivity index (χ2v) is 9.37. The van der Waals surface area contributed by atoms with Crippen molar-refractivity contribution in [3.8, 4) is 17.2 Å². The van der Waals surface area contributed by atoms with E-state index in [4.69, 9.17) is 14.2 Å². The van der Waals surface area contributed by atoms with Crippen molar-refractivity contribution in [3.05, 3.63) is 58.1 Å². The number of piperidine rings is 1. The minimum atomic E-state index is 0. The lowest BCUT2D eigenvalue weighted by Crippen LogP contribution is -2.43. The molecule has 6 rings (SSSR count). The van der Waals surface area contributed by atoms with Gasteiger partial charge in [0.1, 0.15) is 19.0 Å². The van der Waals surface area contributed by atoms with Crippen molar-refractivity contribution in [3.63, 3.8) is 0 Å². The summed E-state index contributed by atoms with van der Waals surface area (Å²) in [5.74, 6) is 2.67. The fourth-order valence-electron chi connectivity index (χ4n) is 5.58. The van der Waals surface area contributed by atoms with E-state index < -0.39 is 0 Å². The topological polar surface area (TPSA) is 77.9 Å². The van der Waals surface area contributed by atoms with Crippen LogP contribution >= 0.6 is 12.4 Å². The van der Waals surface area contributed by atoms with Crippen LogP contribution in [0.3, 0.4) is 0 Å². The third kappa shape index (κ3) is 4.58. The summed E-state index contributed by atoms with van der Waals surface area (Å²) in [5, 5.41) is 4.77. The fraction of sp³-hybridized carbons (Fsp3) is 0.462. The molecule has 0 amide bonds. The van der Waals surface area contributed by atoms with Crippen LogP contribution in [0.5, 0.6) is 17.2 Å². The van der Waals surface area contributed by atoms with Crippen molar-refractivity contribution in [2.24, 2.45) is 0 Å². The van der Waals surface area contributed by atoms with Gasteiger partial charge in [0, 0.05) is 49.3 Å². The van der Waals surface area contributed by atoms with Crippen LogP contribution in [0, 0.1) is 0 Å². The Bertz CT molecular complexity index is 1270. The molecule has 5 heterocycles. The Morgan fingerprint density at radius 2 is 1.89 bits per heavy atom. The summed E-state index contributed by atoms with van der Waals surface area (Å²) in [6, 6.07) is 10.1. The average Bonchev–Trinajstić information content (AvgIpc) is 3.26. The summed E-state index contributed by atoms with van der Waals surface area (Å²) in [4.78, 5) is 19.6. The predicted molar refractivity (Wildman–Crippen MR) is 136 cm³/mol. The number of fused-ring (bicyclic) bond motifs is 1. The molecular weight excluding hydrogens is 468 g/mol. The van der Waals surface area contributed by atoms with Gasteiger partial charge in [-0.05, 0) is 49.5 Å². The third-order valence-electron chi connectivity index (χ3n) is 7.31. The highest BCUT2D eigenvalue weighted by atomic mass is 35.5. The summed E-state index contributed by atoms with van der Waals surface area (Å²) in [5.41, 5.74) is 3.27. The Morgan fingerprint density at radius 3 is 2.69 bits per heavy atom. The molecule has 0 bridgehead atoms. The number of pyridine rings is 2. The summed E-state index contributed by atoms with van der Waals surface area (Å²) >= 11 is 0. The van der Waals surface area contributed by atoms with E-state index in [0.717, 1.165) is 79.4 Å². The van der Waals surface area contributed by atoms with Crippen LogP contribution < -0.4 is 25.1 Å². The summed E-state index contributed by atoms with van der Waals surface area (Å²) in [6.07, 6.45) is 3.94. The first-order chi connectivity index (χ1) is 16.7. The first-order valence-electron chi connectivity index (χ1n) is 12.1. The van der Waals surface area contributed by atoms with Gasteiger partial charge >= 0.3 is 0 Å². The van der Waals surface area contributed by atoms with Gasteiger partial charge in [0.2, 0.25) is 0 Å². The minimum absolute atomic E-state index is 0. The van der Waals surface area contributed by atoms with Crippen molar-refractivity contribution in [1.29, 1.82) is 0 Å². The Kier molecular flexibility index (Phi) is 6.86. The highest BCUT2D eigenvalue weighted by molar-refractivity contribution is 5.86. The number of ether oxygens (including phenoxy) is 3. The van der Waals surface area contributed by atoms with Gasteiger partial charge in [-0.25, -0.2) is 0 Å². The molecule has 0 aliphatic carbocycles. The average molecular weight is 499 g/mol. The first-order valence-corrected chi connectivity index (χ1v) is 12.1. The van der Waals surface area contributed by atoms with E-state index >= 15 is 0 Å². The molecule has 3 aliphatic heterocycles. The number of halogens is 1. The molecule has 1 N–H and O–H groups in total. The summed E-state index contributed by atoms with van der Waals surface area (Å²) in [7, 11) is 1.71. The molecule has 9 heteroatoms. The van der Waals surface area contributed by atoms with E-state index in [9.17, 15) is 4.79 Å². The maximum absolute atomic E-state index is 12.5. The van der Waals surface area contributed by atoms with E-state index in [1.165, 1.54) is 5.56 Å². The van der Waals surface area contributed by atoms with E-state index in [0.29, 0.717) is 19.3 Å². The van der Waals surface area contributed by atoms with Gasteiger partial charge in [-0.1, -0.05) is 0 Å². The lowest BCUT2D eigenvalue weighted by Gasteiger charge is -2.34. The van der Waals surface area contributed by atoms with Gasteiger partial charge in [-0.3, -0.25) is 9.78 Å². The molecule has 35 heavy (non-hydrogen) atoms. The molecular formula is C26H31ClN4O4. The van der Waals surface area contributed by atoms with Crippen LogP contribution in [0.15, 0.2) is 41.3 Å². The number of nitrogens with one attached hydrogen (secondary N) is 1. The fourth-order valence-corrected chi connectivity index (χ4v) is 5.58. The lowest BCUT2D eigenvalue weighted by molar-refractivity contribution is 0.170. The Labute approximate surface area is 210 Å². The number of nitrogens with zero attached hydrogens (tertiary/aromatic N) is 3. The molecule has 8 nitrogen and oxygen atoms in total. The standard InChI is InChI=1S/C26H30N4O4.ClH/c1-32-21-4-2-17-3-5-24(31)30-16-18(25(21)26(17)30)15-29-8-6-19(7-9-29)27-13-20-12-22-23(14-28-20)34-11-10-33-22;/h2-5,12,14,18-19,27H,6-11,13,15-16H2,1H3;1H. The van der Waals surface area contributed by atoms with Crippen molar-refractivity contribution in [1.82, 2.24) is 19.8 Å². The van der Waals surface area contributed by atoms with Gasteiger partial charge in [0.15, 0.2) is 11.5 Å². The van der Waals surface area contributed by atoms with Crippen LogP contribution in [-0.4, -0.2) is 60.5 Å². The van der Waals surface area contributed by atoms with E-state index in [-0.39, 0.29) is 23.9 Å². The number of hydrogen-bond donors (Lipinski definition) is 1. The molecule has 0 saturated carbocycles. The highest BCUT2D eigenvalue weighted by Crippen LogP contribution is 2.40. The van der Waals surface area contributed by atoms with Gasteiger partial charge in [0.25, 0.3) is 5.56 Å². The molecule has 1 fully saturated rings. The number of rotatable bonds is 6. The van der Waals surface area contributed by atoms with E-state index in [1.54, 1.807) is 19.4 Å². The van der Waals surface area contributed by atoms with Crippen molar-refractivity contribution >= 4 is 23.3 Å². The summed E-state index contributed by atoms with van der Waals surface area (Å²) < 4.78 is 18.8. The zero-order valence-electron chi connectivity index (χ0n) is 19.9. The maximum atomic E-state index is 12.5. The van der Waals surface area contributed by atoms with Crippen LogP contribution in [0.1, 0.15) is 30.0 Å². The number of hydrogen-bond acceptors (Lipinski definition) is 7. The number of aromatic nitrogens is 2. The Balaban J connectivity index is 0.00000253. The molecule has 0 spiro atoms. The first kappa shape index (κ1) is 23.9.